The van der Waals surface area contributed by atoms with E-state index < -0.39 is 12.2 Å². The van der Waals surface area contributed by atoms with Crippen LogP contribution in [-0.2, 0) is 20.9 Å². The summed E-state index contributed by atoms with van der Waals surface area (Å²) in [6.45, 7) is 3.02. The Morgan fingerprint density at radius 2 is 1.78 bits per heavy atom. The first-order valence-electron chi connectivity index (χ1n) is 18.4. The number of hydrogen-bond acceptors (Lipinski definition) is 11. The number of ether oxygens (including phenoxy) is 4. The number of amides is 3. The third-order valence-electron chi connectivity index (χ3n) is 10.0. The number of anilines is 3. The number of methoxy groups -OCH3 is 1. The number of hydrogen-bond donors (Lipinski definition) is 5. The minimum Gasteiger partial charge on any atom is -0.506 e. The van der Waals surface area contributed by atoms with Crippen molar-refractivity contribution in [1.82, 2.24) is 10.2 Å². The van der Waals surface area contributed by atoms with Gasteiger partial charge in [0.25, 0.3) is 5.91 Å². The quantitative estimate of drug-likeness (QED) is 0.123. The van der Waals surface area contributed by atoms with E-state index in [2.05, 4.69) is 20.9 Å². The molecular weight excluding hydrogens is 706 g/mol. The number of piperidine rings is 1. The minimum absolute atomic E-state index is 0.0222. The van der Waals surface area contributed by atoms with Crippen molar-refractivity contribution in [3.8, 4) is 34.1 Å². The number of phenolic OH excluding ortho intramolecular Hbond substituents is 1. The molecule has 1 atom stereocenters. The zero-order chi connectivity index (χ0) is 38.3. The fourth-order valence-corrected chi connectivity index (χ4v) is 7.16. The third kappa shape index (κ3) is 8.78. The van der Waals surface area contributed by atoms with E-state index in [1.165, 1.54) is 6.07 Å². The van der Waals surface area contributed by atoms with E-state index in [0.29, 0.717) is 87.0 Å². The second-order valence-electron chi connectivity index (χ2n) is 13.6. The monoisotopic (exact) mass is 751 g/mol. The smallest absolute Gasteiger partial charge is 0.411 e. The van der Waals surface area contributed by atoms with Crippen molar-refractivity contribution >= 4 is 35.0 Å². The summed E-state index contributed by atoms with van der Waals surface area (Å²) in [5.74, 6) is 0.809. The first-order valence-corrected chi connectivity index (χ1v) is 18.4. The first kappa shape index (κ1) is 37.5. The average molecular weight is 752 g/mol. The minimum atomic E-state index is -0.997. The molecule has 0 aliphatic carbocycles. The normalized spacial score (nSPS) is 16.1. The van der Waals surface area contributed by atoms with Gasteiger partial charge in [-0.1, -0.05) is 48.5 Å². The Balaban J connectivity index is 0.888. The number of likely N-dealkylation sites (tertiary alicyclic amines) is 1. The molecule has 3 amide bonds. The molecule has 5 N–H and O–H groups in total. The molecule has 4 aromatic rings. The summed E-state index contributed by atoms with van der Waals surface area (Å²) in [5, 5.41) is 29.8. The fraction of sp³-hybridized carbons (Fsp3) is 0.341. The standard InChI is InChI=1S/C41H45N5O9/c1-52-35-22-32-36(21-27(35)23-42-24-34(48)30-11-12-33(47)39-40(30)54-25-37(49)44-39)53-20-19-46(32)38(50)15-18-45-16-13-28(14-17-45)55-41(51)43-31-10-6-5-9-29(31)26-7-3-2-4-8-26/h2-12,21-22,28,34,42,47-48H,13-20,23-25H2,1H3,(H,43,51)(H,44,49)/t34-/m0/s1. The highest BCUT2D eigenvalue weighted by Crippen LogP contribution is 2.42. The number of aliphatic hydroxyl groups excluding tert-OH is 1. The Hall–Kier alpha value is -5.83. The summed E-state index contributed by atoms with van der Waals surface area (Å²) < 4.78 is 23.0. The number of aromatic hydroxyl groups is 1. The fourth-order valence-electron chi connectivity index (χ4n) is 7.16. The van der Waals surface area contributed by atoms with Crippen molar-refractivity contribution in [1.29, 1.82) is 0 Å². The molecule has 0 spiro atoms. The maximum Gasteiger partial charge on any atom is 0.411 e. The zero-order valence-electron chi connectivity index (χ0n) is 30.6. The molecule has 0 saturated carbocycles. The molecule has 0 aromatic heterocycles. The van der Waals surface area contributed by atoms with Crippen LogP contribution in [0, 0.1) is 0 Å². The number of phenols is 1. The predicted molar refractivity (Wildman–Crippen MR) is 206 cm³/mol. The lowest BCUT2D eigenvalue weighted by Crippen LogP contribution is -2.42. The van der Waals surface area contributed by atoms with Gasteiger partial charge in [-0.3, -0.25) is 14.9 Å². The van der Waals surface area contributed by atoms with E-state index in [1.807, 2.05) is 60.7 Å². The van der Waals surface area contributed by atoms with Crippen LogP contribution in [0.5, 0.6) is 23.0 Å². The lowest BCUT2D eigenvalue weighted by molar-refractivity contribution is -0.119. The van der Waals surface area contributed by atoms with Crippen LogP contribution in [0.15, 0.2) is 78.9 Å². The Bertz CT molecular complexity index is 2020. The van der Waals surface area contributed by atoms with Gasteiger partial charge in [0.05, 0.1) is 31.1 Å². The van der Waals surface area contributed by atoms with Crippen LogP contribution >= 0.6 is 0 Å². The molecule has 14 heteroatoms. The second kappa shape index (κ2) is 17.1. The Morgan fingerprint density at radius 3 is 2.58 bits per heavy atom. The molecule has 0 radical (unpaired) electrons. The highest BCUT2D eigenvalue weighted by molar-refractivity contribution is 5.98. The number of para-hydroxylation sites is 1. The van der Waals surface area contributed by atoms with E-state index in [-0.39, 0.29) is 48.3 Å². The van der Waals surface area contributed by atoms with Gasteiger partial charge in [-0.15, -0.1) is 0 Å². The lowest BCUT2D eigenvalue weighted by Gasteiger charge is -2.33. The second-order valence-corrected chi connectivity index (χ2v) is 13.6. The molecule has 7 rings (SSSR count). The summed E-state index contributed by atoms with van der Waals surface area (Å²) in [6, 6.07) is 24.1. The Morgan fingerprint density at radius 1 is 1.00 bits per heavy atom. The Labute approximate surface area is 318 Å². The molecule has 55 heavy (non-hydrogen) atoms. The molecule has 3 aliphatic heterocycles. The van der Waals surface area contributed by atoms with Gasteiger partial charge in [-0.25, -0.2) is 4.79 Å². The molecule has 3 aliphatic rings. The van der Waals surface area contributed by atoms with Crippen molar-refractivity contribution in [3.63, 3.8) is 0 Å². The van der Waals surface area contributed by atoms with Crippen LogP contribution in [0.1, 0.15) is 36.5 Å². The number of carbonyl (C=O) groups excluding carboxylic acids is 3. The van der Waals surface area contributed by atoms with E-state index in [1.54, 1.807) is 24.1 Å². The van der Waals surface area contributed by atoms with Crippen LogP contribution < -0.4 is 35.1 Å². The van der Waals surface area contributed by atoms with Crippen LogP contribution in [0.2, 0.25) is 0 Å². The van der Waals surface area contributed by atoms with Crippen molar-refractivity contribution < 1.29 is 43.5 Å². The maximum atomic E-state index is 13.6. The van der Waals surface area contributed by atoms with E-state index in [4.69, 9.17) is 18.9 Å². The van der Waals surface area contributed by atoms with Gasteiger partial charge in [0.15, 0.2) is 12.4 Å². The van der Waals surface area contributed by atoms with Crippen LogP contribution in [0.25, 0.3) is 11.1 Å². The van der Waals surface area contributed by atoms with Crippen molar-refractivity contribution in [2.45, 2.75) is 38.0 Å². The molecule has 3 heterocycles. The van der Waals surface area contributed by atoms with E-state index in [9.17, 15) is 24.6 Å². The molecule has 1 saturated heterocycles. The topological polar surface area (TPSA) is 171 Å². The lowest BCUT2D eigenvalue weighted by atomic mass is 10.0. The number of aliphatic hydroxyl groups is 1. The molecule has 14 nitrogen and oxygen atoms in total. The van der Waals surface area contributed by atoms with Gasteiger partial charge in [-0.2, -0.15) is 0 Å². The first-order chi connectivity index (χ1) is 26.8. The maximum absolute atomic E-state index is 13.6. The molecule has 288 valence electrons. The molecule has 0 unspecified atom stereocenters. The molecular formula is C41H45N5O9. The van der Waals surface area contributed by atoms with E-state index >= 15 is 0 Å². The number of benzene rings is 4. The number of rotatable bonds is 12. The molecule has 4 aromatic carbocycles. The van der Waals surface area contributed by atoms with E-state index in [0.717, 1.165) is 16.7 Å². The van der Waals surface area contributed by atoms with Crippen LogP contribution in [0.3, 0.4) is 0 Å². The van der Waals surface area contributed by atoms with Crippen molar-refractivity contribution in [2.24, 2.45) is 0 Å². The summed E-state index contributed by atoms with van der Waals surface area (Å²) in [6.07, 6.45) is -0.0110. The van der Waals surface area contributed by atoms with Gasteiger partial charge in [-0.05, 0) is 42.7 Å². The third-order valence-corrected chi connectivity index (χ3v) is 10.0. The number of carbonyl (C=O) groups is 3. The Kier molecular flexibility index (Phi) is 11.7. The molecule has 1 fully saturated rings. The van der Waals surface area contributed by atoms with Gasteiger partial charge in [0.2, 0.25) is 5.91 Å². The van der Waals surface area contributed by atoms with Gasteiger partial charge in [0, 0.05) is 61.9 Å². The SMILES string of the molecule is COc1cc2c(cc1CNC[C@H](O)c1ccc(O)c3c1OCC(=O)N3)OCCN2C(=O)CCN1CCC(OC(=O)Nc2ccccc2-c2ccccc2)CC1. The number of fused-ring (bicyclic) bond motifs is 2. The predicted octanol–water partition coefficient (Wildman–Crippen LogP) is 5.05. The molecule has 0 bridgehead atoms. The zero-order valence-corrected chi connectivity index (χ0v) is 30.6. The average Bonchev–Trinajstić information content (AvgIpc) is 3.20. The highest BCUT2D eigenvalue weighted by atomic mass is 16.6. The number of nitrogens with zero attached hydrogens (tertiary/aromatic N) is 2. The summed E-state index contributed by atoms with van der Waals surface area (Å²) in [5.41, 5.74) is 4.60. The van der Waals surface area contributed by atoms with Gasteiger partial charge < -0.3 is 49.6 Å². The van der Waals surface area contributed by atoms with Crippen LogP contribution in [0.4, 0.5) is 21.9 Å². The van der Waals surface area contributed by atoms with Gasteiger partial charge in [0.1, 0.15) is 35.6 Å². The summed E-state index contributed by atoms with van der Waals surface area (Å²) in [4.78, 5) is 42.1. The van der Waals surface area contributed by atoms with Crippen LogP contribution in [-0.4, -0.2) is 92.2 Å². The highest BCUT2D eigenvalue weighted by Gasteiger charge is 2.29. The summed E-state index contributed by atoms with van der Waals surface area (Å²) >= 11 is 0. The van der Waals surface area contributed by atoms with Crippen molar-refractivity contribution in [2.75, 3.05) is 68.6 Å². The number of nitrogens with one attached hydrogen (secondary N) is 3. The van der Waals surface area contributed by atoms with Crippen molar-refractivity contribution in [3.05, 3.63) is 90.0 Å². The summed E-state index contributed by atoms with van der Waals surface area (Å²) in [7, 11) is 1.56. The van der Waals surface area contributed by atoms with Gasteiger partial charge >= 0.3 is 6.09 Å². The largest absolute Gasteiger partial charge is 0.506 e.